The van der Waals surface area contributed by atoms with E-state index in [1.54, 1.807) is 6.26 Å². The number of para-hydroxylation sites is 1. The van der Waals surface area contributed by atoms with Crippen LogP contribution in [-0.4, -0.2) is 9.38 Å². The fourth-order valence-corrected chi connectivity index (χ4v) is 2.52. The zero-order valence-electron chi connectivity index (χ0n) is 11.0. The Bertz CT molecular complexity index is 933. The lowest BCUT2D eigenvalue weighted by Gasteiger charge is -1.97. The van der Waals surface area contributed by atoms with Crippen LogP contribution in [0, 0.1) is 6.92 Å². The van der Waals surface area contributed by atoms with Gasteiger partial charge in [0.2, 0.25) is 0 Å². The molecular formula is C16H13N3O. The van der Waals surface area contributed by atoms with Gasteiger partial charge in [0.25, 0.3) is 0 Å². The van der Waals surface area contributed by atoms with Crippen molar-refractivity contribution in [3.63, 3.8) is 0 Å². The Balaban J connectivity index is 2.05. The minimum Gasteiger partial charge on any atom is -0.464 e. The van der Waals surface area contributed by atoms with Gasteiger partial charge in [-0.2, -0.15) is 0 Å². The van der Waals surface area contributed by atoms with Gasteiger partial charge in [-0.1, -0.05) is 18.2 Å². The molecule has 0 fully saturated rings. The van der Waals surface area contributed by atoms with Crippen molar-refractivity contribution in [2.24, 2.45) is 0 Å². The molecule has 3 heterocycles. The van der Waals surface area contributed by atoms with E-state index < -0.39 is 0 Å². The van der Waals surface area contributed by atoms with Crippen molar-refractivity contribution in [1.29, 1.82) is 0 Å². The predicted molar refractivity (Wildman–Crippen MR) is 79.5 cm³/mol. The van der Waals surface area contributed by atoms with Crippen LogP contribution in [0.15, 0.2) is 53.3 Å². The highest BCUT2D eigenvalue weighted by Gasteiger charge is 2.15. The van der Waals surface area contributed by atoms with Crippen molar-refractivity contribution >= 4 is 22.4 Å². The Kier molecular flexibility index (Phi) is 2.15. The summed E-state index contributed by atoms with van der Waals surface area (Å²) in [6, 6.07) is 11.9. The first-order valence-electron chi connectivity index (χ1n) is 6.45. The van der Waals surface area contributed by atoms with Crippen LogP contribution >= 0.6 is 0 Å². The molecule has 0 aliphatic heterocycles. The predicted octanol–water partition coefficient (Wildman–Crippen LogP) is 3.64. The molecule has 4 aromatic rings. The van der Waals surface area contributed by atoms with Crippen LogP contribution < -0.4 is 5.73 Å². The maximum atomic E-state index is 6.23. The van der Waals surface area contributed by atoms with Crippen molar-refractivity contribution < 1.29 is 4.42 Å². The first-order chi connectivity index (χ1) is 9.74. The van der Waals surface area contributed by atoms with Gasteiger partial charge >= 0.3 is 0 Å². The number of nitrogen functional groups attached to an aromatic ring is 1. The molecule has 4 nitrogen and oxygen atoms in total. The highest BCUT2D eigenvalue weighted by atomic mass is 16.3. The average molecular weight is 263 g/mol. The van der Waals surface area contributed by atoms with Crippen molar-refractivity contribution in [2.45, 2.75) is 6.92 Å². The second-order valence-electron chi connectivity index (χ2n) is 4.92. The largest absolute Gasteiger partial charge is 0.464 e. The van der Waals surface area contributed by atoms with Gasteiger partial charge < -0.3 is 10.2 Å². The Morgan fingerprint density at radius 3 is 2.95 bits per heavy atom. The Morgan fingerprint density at radius 1 is 1.20 bits per heavy atom. The van der Waals surface area contributed by atoms with E-state index in [1.165, 1.54) is 0 Å². The van der Waals surface area contributed by atoms with Gasteiger partial charge in [0.15, 0.2) is 0 Å². The van der Waals surface area contributed by atoms with Gasteiger partial charge in [-0.3, -0.25) is 4.40 Å². The average Bonchev–Trinajstić information content (AvgIpc) is 3.00. The maximum absolute atomic E-state index is 6.23. The van der Waals surface area contributed by atoms with E-state index in [4.69, 9.17) is 10.2 Å². The summed E-state index contributed by atoms with van der Waals surface area (Å²) in [6.45, 7) is 2.04. The molecule has 0 saturated carbocycles. The molecular weight excluding hydrogens is 250 g/mol. The minimum atomic E-state index is 0.631. The number of imidazole rings is 1. The SMILES string of the molecule is Cc1ccn2c(N)c(-c3coc4ccccc34)nc2c1. The fraction of sp³-hybridized carbons (Fsp3) is 0.0625. The number of pyridine rings is 1. The zero-order chi connectivity index (χ0) is 13.7. The Hall–Kier alpha value is -2.75. The number of nitrogens with zero attached hydrogens (tertiary/aromatic N) is 2. The third-order valence-corrected chi connectivity index (χ3v) is 3.55. The molecule has 2 N–H and O–H groups in total. The number of fused-ring (bicyclic) bond motifs is 2. The molecule has 0 aliphatic rings. The van der Waals surface area contributed by atoms with Crippen molar-refractivity contribution in [3.05, 3.63) is 54.4 Å². The number of anilines is 1. The van der Waals surface area contributed by atoms with Gasteiger partial charge in [0, 0.05) is 11.6 Å². The third-order valence-electron chi connectivity index (χ3n) is 3.55. The molecule has 0 radical (unpaired) electrons. The summed E-state index contributed by atoms with van der Waals surface area (Å²) in [5.41, 5.74) is 10.8. The molecule has 0 atom stereocenters. The quantitative estimate of drug-likeness (QED) is 0.570. The molecule has 1 aromatic carbocycles. The lowest BCUT2D eigenvalue weighted by molar-refractivity contribution is 0.617. The molecule has 0 amide bonds. The molecule has 0 aliphatic carbocycles. The number of benzene rings is 1. The van der Waals surface area contributed by atoms with E-state index in [1.807, 2.05) is 53.9 Å². The molecule has 0 unspecified atom stereocenters. The summed E-state index contributed by atoms with van der Waals surface area (Å²) in [5.74, 6) is 0.631. The molecule has 20 heavy (non-hydrogen) atoms. The Morgan fingerprint density at radius 2 is 2.05 bits per heavy atom. The summed E-state index contributed by atoms with van der Waals surface area (Å²) in [4.78, 5) is 4.64. The van der Waals surface area contributed by atoms with Crippen LogP contribution in [0.5, 0.6) is 0 Å². The molecule has 4 rings (SSSR count). The van der Waals surface area contributed by atoms with Gasteiger partial charge in [-0.15, -0.1) is 0 Å². The number of nitrogens with two attached hydrogens (primary N) is 1. The van der Waals surface area contributed by atoms with E-state index in [0.717, 1.165) is 33.4 Å². The van der Waals surface area contributed by atoms with Gasteiger partial charge in [-0.25, -0.2) is 4.98 Å². The molecule has 3 aromatic heterocycles. The van der Waals surface area contributed by atoms with E-state index in [0.29, 0.717) is 5.82 Å². The highest BCUT2D eigenvalue weighted by Crippen LogP contribution is 2.33. The highest BCUT2D eigenvalue weighted by molar-refractivity contribution is 5.96. The topological polar surface area (TPSA) is 56.5 Å². The van der Waals surface area contributed by atoms with Crippen LogP contribution in [0.3, 0.4) is 0 Å². The Labute approximate surface area is 115 Å². The minimum absolute atomic E-state index is 0.631. The summed E-state index contributed by atoms with van der Waals surface area (Å²) in [5, 5.41) is 1.03. The zero-order valence-corrected chi connectivity index (χ0v) is 11.0. The number of aromatic nitrogens is 2. The van der Waals surface area contributed by atoms with Gasteiger partial charge in [-0.05, 0) is 30.7 Å². The van der Waals surface area contributed by atoms with Crippen molar-refractivity contribution in [1.82, 2.24) is 9.38 Å². The van der Waals surface area contributed by atoms with Crippen LogP contribution in [0.25, 0.3) is 27.9 Å². The van der Waals surface area contributed by atoms with Crippen LogP contribution in [0.1, 0.15) is 5.56 Å². The number of rotatable bonds is 1. The van der Waals surface area contributed by atoms with Crippen molar-refractivity contribution in [3.8, 4) is 11.3 Å². The summed E-state index contributed by atoms with van der Waals surface area (Å²) in [6.07, 6.45) is 3.66. The summed E-state index contributed by atoms with van der Waals surface area (Å²) >= 11 is 0. The normalized spacial score (nSPS) is 11.4. The van der Waals surface area contributed by atoms with E-state index in [2.05, 4.69) is 4.98 Å². The number of furan rings is 1. The molecule has 0 bridgehead atoms. The standard InChI is InChI=1S/C16H13N3O/c1-10-6-7-19-14(8-10)18-15(16(19)17)12-9-20-13-5-3-2-4-11(12)13/h2-9H,17H2,1H3. The second-order valence-corrected chi connectivity index (χ2v) is 4.92. The van der Waals surface area contributed by atoms with Crippen LogP contribution in [0.2, 0.25) is 0 Å². The van der Waals surface area contributed by atoms with E-state index >= 15 is 0 Å². The lowest BCUT2D eigenvalue weighted by Crippen LogP contribution is -1.93. The van der Waals surface area contributed by atoms with E-state index in [-0.39, 0.29) is 0 Å². The van der Waals surface area contributed by atoms with Crippen molar-refractivity contribution in [2.75, 3.05) is 5.73 Å². The molecule has 98 valence electrons. The van der Waals surface area contributed by atoms with Gasteiger partial charge in [0.1, 0.15) is 29.0 Å². The fourth-order valence-electron chi connectivity index (χ4n) is 2.52. The van der Waals surface area contributed by atoms with Crippen LogP contribution in [-0.2, 0) is 0 Å². The number of hydrogen-bond donors (Lipinski definition) is 1. The summed E-state index contributed by atoms with van der Waals surface area (Å²) < 4.78 is 7.47. The first-order valence-corrected chi connectivity index (χ1v) is 6.45. The molecule has 4 heteroatoms. The van der Waals surface area contributed by atoms with E-state index in [9.17, 15) is 0 Å². The maximum Gasteiger partial charge on any atom is 0.139 e. The molecule has 0 saturated heterocycles. The smallest absolute Gasteiger partial charge is 0.139 e. The monoisotopic (exact) mass is 263 g/mol. The van der Waals surface area contributed by atoms with Crippen LogP contribution in [0.4, 0.5) is 5.82 Å². The second kappa shape index (κ2) is 3.87. The first kappa shape index (κ1) is 11.1. The van der Waals surface area contributed by atoms with Gasteiger partial charge in [0.05, 0.1) is 5.56 Å². The summed E-state index contributed by atoms with van der Waals surface area (Å²) in [7, 11) is 0. The number of hydrogen-bond acceptors (Lipinski definition) is 3. The molecule has 0 spiro atoms. The lowest BCUT2D eigenvalue weighted by atomic mass is 10.1. The third kappa shape index (κ3) is 1.45. The number of aryl methyl sites for hydroxylation is 1.